The van der Waals surface area contributed by atoms with Crippen LogP contribution < -0.4 is 5.32 Å². The predicted octanol–water partition coefficient (Wildman–Crippen LogP) is 3.13. The topological polar surface area (TPSA) is 41.6 Å². The lowest BCUT2D eigenvalue weighted by atomic mass is 9.74. The highest BCUT2D eigenvalue weighted by Gasteiger charge is 2.37. The molecule has 2 aliphatic rings. The van der Waals surface area contributed by atoms with Crippen LogP contribution >= 0.6 is 0 Å². The van der Waals surface area contributed by atoms with Gasteiger partial charge in [-0.3, -0.25) is 9.69 Å². The number of carbonyl (C=O) groups excluding carboxylic acids is 1. The quantitative estimate of drug-likeness (QED) is 0.931. The van der Waals surface area contributed by atoms with Crippen LogP contribution in [0.15, 0.2) is 18.2 Å². The molecule has 0 aliphatic carbocycles. The Labute approximate surface area is 139 Å². The third-order valence-corrected chi connectivity index (χ3v) is 5.41. The van der Waals surface area contributed by atoms with Gasteiger partial charge in [-0.25, -0.2) is 0 Å². The van der Waals surface area contributed by atoms with Crippen LogP contribution in [0.25, 0.3) is 0 Å². The highest BCUT2D eigenvalue weighted by molar-refractivity contribution is 5.93. The van der Waals surface area contributed by atoms with Gasteiger partial charge in [-0.2, -0.15) is 0 Å². The summed E-state index contributed by atoms with van der Waals surface area (Å²) in [6, 6.07) is 6.11. The molecule has 2 fully saturated rings. The number of para-hydroxylation sites is 1. The van der Waals surface area contributed by atoms with E-state index in [-0.39, 0.29) is 5.91 Å². The number of nitrogens with zero attached hydrogens (tertiary/aromatic N) is 1. The molecule has 2 saturated heterocycles. The number of hydrogen-bond acceptors (Lipinski definition) is 3. The number of ether oxygens (including phenoxy) is 1. The minimum Gasteiger partial charge on any atom is -0.381 e. The van der Waals surface area contributed by atoms with Gasteiger partial charge in [0.2, 0.25) is 5.91 Å². The molecule has 3 rings (SSSR count). The maximum atomic E-state index is 12.5. The molecule has 126 valence electrons. The molecule has 0 aromatic heterocycles. The molecule has 23 heavy (non-hydrogen) atoms. The van der Waals surface area contributed by atoms with Crippen molar-refractivity contribution in [3.63, 3.8) is 0 Å². The summed E-state index contributed by atoms with van der Waals surface area (Å²) < 4.78 is 5.52. The molecule has 0 atom stereocenters. The summed E-state index contributed by atoms with van der Waals surface area (Å²) >= 11 is 0. The van der Waals surface area contributed by atoms with Gasteiger partial charge < -0.3 is 10.1 Å². The first-order valence-electron chi connectivity index (χ1n) is 8.74. The van der Waals surface area contributed by atoms with E-state index in [1.165, 1.54) is 12.8 Å². The van der Waals surface area contributed by atoms with Crippen molar-refractivity contribution in [1.82, 2.24) is 4.90 Å². The Morgan fingerprint density at radius 1 is 1.22 bits per heavy atom. The second kappa shape index (κ2) is 7.02. The molecule has 2 heterocycles. The van der Waals surface area contributed by atoms with Crippen LogP contribution in [0.1, 0.15) is 36.8 Å². The molecule has 1 aromatic rings. The second-order valence-corrected chi connectivity index (χ2v) is 7.24. The largest absolute Gasteiger partial charge is 0.381 e. The maximum absolute atomic E-state index is 12.5. The van der Waals surface area contributed by atoms with E-state index in [4.69, 9.17) is 4.74 Å². The summed E-state index contributed by atoms with van der Waals surface area (Å²) in [7, 11) is 0. The Bertz CT molecular complexity index is 539. The Hall–Kier alpha value is -1.39. The van der Waals surface area contributed by atoms with Crippen molar-refractivity contribution < 1.29 is 9.53 Å². The number of benzene rings is 1. The molecule has 0 radical (unpaired) electrons. The van der Waals surface area contributed by atoms with Crippen LogP contribution in [-0.2, 0) is 9.53 Å². The smallest absolute Gasteiger partial charge is 0.238 e. The molecule has 2 aliphatic heterocycles. The van der Waals surface area contributed by atoms with Gasteiger partial charge in [0.05, 0.1) is 6.54 Å². The van der Waals surface area contributed by atoms with Gasteiger partial charge in [-0.15, -0.1) is 0 Å². The molecule has 1 N–H and O–H groups in total. The average molecular weight is 316 g/mol. The highest BCUT2D eigenvalue weighted by atomic mass is 16.5. The lowest BCUT2D eigenvalue weighted by Gasteiger charge is -2.44. The van der Waals surface area contributed by atoms with Gasteiger partial charge in [-0.1, -0.05) is 18.2 Å². The molecule has 4 heteroatoms. The summed E-state index contributed by atoms with van der Waals surface area (Å²) in [4.78, 5) is 14.8. The third kappa shape index (κ3) is 3.93. The van der Waals surface area contributed by atoms with Crippen molar-refractivity contribution in [1.29, 1.82) is 0 Å². The minimum atomic E-state index is 0.103. The molecule has 1 spiro atoms. The zero-order chi connectivity index (χ0) is 16.3. The number of piperidine rings is 1. The van der Waals surface area contributed by atoms with E-state index in [1.807, 2.05) is 32.0 Å². The Kier molecular flexibility index (Phi) is 5.02. The van der Waals surface area contributed by atoms with Gasteiger partial charge in [0.25, 0.3) is 0 Å². The van der Waals surface area contributed by atoms with Crippen LogP contribution in [0.4, 0.5) is 5.69 Å². The predicted molar refractivity (Wildman–Crippen MR) is 92.7 cm³/mol. The van der Waals surface area contributed by atoms with E-state index in [9.17, 15) is 4.79 Å². The van der Waals surface area contributed by atoms with E-state index < -0.39 is 0 Å². The molecular weight excluding hydrogens is 288 g/mol. The van der Waals surface area contributed by atoms with E-state index >= 15 is 0 Å². The number of hydrogen-bond donors (Lipinski definition) is 1. The summed E-state index contributed by atoms with van der Waals surface area (Å²) in [6.07, 6.45) is 4.76. The van der Waals surface area contributed by atoms with Crippen LogP contribution in [-0.4, -0.2) is 43.7 Å². The van der Waals surface area contributed by atoms with Crippen molar-refractivity contribution in [3.05, 3.63) is 29.3 Å². The molecule has 0 saturated carbocycles. The van der Waals surface area contributed by atoms with Gasteiger partial charge in [-0.05, 0) is 62.6 Å². The van der Waals surface area contributed by atoms with E-state index in [2.05, 4.69) is 10.2 Å². The van der Waals surface area contributed by atoms with Crippen LogP contribution in [0, 0.1) is 19.3 Å². The zero-order valence-corrected chi connectivity index (χ0v) is 14.4. The highest BCUT2D eigenvalue weighted by Crippen LogP contribution is 2.39. The number of rotatable bonds is 3. The average Bonchev–Trinajstić information content (AvgIpc) is 2.52. The molecule has 4 nitrogen and oxygen atoms in total. The van der Waals surface area contributed by atoms with Crippen molar-refractivity contribution in [2.75, 3.05) is 38.2 Å². The standard InChI is InChI=1S/C19H28N2O2/c1-15-5-3-6-16(2)18(15)20-17(22)13-21-10-4-7-19(14-21)8-11-23-12-9-19/h3,5-6H,4,7-14H2,1-2H3,(H,20,22). The first-order chi connectivity index (χ1) is 11.1. The number of aryl methyl sites for hydroxylation is 2. The van der Waals surface area contributed by atoms with Crippen molar-refractivity contribution >= 4 is 11.6 Å². The third-order valence-electron chi connectivity index (χ3n) is 5.41. The molecule has 1 amide bonds. The zero-order valence-electron chi connectivity index (χ0n) is 14.4. The Morgan fingerprint density at radius 3 is 2.61 bits per heavy atom. The van der Waals surface area contributed by atoms with Crippen LogP contribution in [0.3, 0.4) is 0 Å². The van der Waals surface area contributed by atoms with Gasteiger partial charge in [0.1, 0.15) is 0 Å². The van der Waals surface area contributed by atoms with E-state index in [0.29, 0.717) is 12.0 Å². The monoisotopic (exact) mass is 316 g/mol. The van der Waals surface area contributed by atoms with E-state index in [1.54, 1.807) is 0 Å². The van der Waals surface area contributed by atoms with Crippen LogP contribution in [0.5, 0.6) is 0 Å². The van der Waals surface area contributed by atoms with Crippen molar-refractivity contribution in [3.8, 4) is 0 Å². The molecule has 1 aromatic carbocycles. The number of nitrogens with one attached hydrogen (secondary N) is 1. The molecule has 0 unspecified atom stereocenters. The fraction of sp³-hybridized carbons (Fsp3) is 0.632. The second-order valence-electron chi connectivity index (χ2n) is 7.24. The van der Waals surface area contributed by atoms with Gasteiger partial charge in [0, 0.05) is 25.4 Å². The fourth-order valence-corrected chi connectivity index (χ4v) is 4.05. The first-order valence-corrected chi connectivity index (χ1v) is 8.74. The first kappa shape index (κ1) is 16.5. The van der Waals surface area contributed by atoms with Gasteiger partial charge in [0.15, 0.2) is 0 Å². The summed E-state index contributed by atoms with van der Waals surface area (Å²) in [6.45, 7) is 8.40. The number of amides is 1. The lowest BCUT2D eigenvalue weighted by Crippen LogP contribution is -2.48. The lowest BCUT2D eigenvalue weighted by molar-refractivity contribution is -0.118. The van der Waals surface area contributed by atoms with Crippen LogP contribution in [0.2, 0.25) is 0 Å². The summed E-state index contributed by atoms with van der Waals surface area (Å²) in [5.41, 5.74) is 3.60. The number of carbonyl (C=O) groups is 1. The maximum Gasteiger partial charge on any atom is 0.238 e. The Morgan fingerprint density at radius 2 is 1.91 bits per heavy atom. The summed E-state index contributed by atoms with van der Waals surface area (Å²) in [5, 5.41) is 3.11. The van der Waals surface area contributed by atoms with Crippen molar-refractivity contribution in [2.24, 2.45) is 5.41 Å². The van der Waals surface area contributed by atoms with Gasteiger partial charge >= 0.3 is 0 Å². The summed E-state index contributed by atoms with van der Waals surface area (Å²) in [5.74, 6) is 0.103. The SMILES string of the molecule is Cc1cccc(C)c1NC(=O)CN1CCCC2(CCOCC2)C1. The molecular formula is C19H28N2O2. The fourth-order valence-electron chi connectivity index (χ4n) is 4.05. The number of likely N-dealkylation sites (tertiary alicyclic amines) is 1. The number of anilines is 1. The molecule has 0 bridgehead atoms. The van der Waals surface area contributed by atoms with E-state index in [0.717, 1.165) is 56.0 Å². The minimum absolute atomic E-state index is 0.103. The van der Waals surface area contributed by atoms with Crippen molar-refractivity contribution in [2.45, 2.75) is 39.5 Å². The Balaban J connectivity index is 1.59. The normalized spacial score (nSPS) is 21.3.